The minimum absolute atomic E-state index is 0.109. The van der Waals surface area contributed by atoms with E-state index in [4.69, 9.17) is 0 Å². The Kier molecular flexibility index (Phi) is 8.22. The maximum Gasteiger partial charge on any atom is 0.315 e. The molecule has 0 aliphatic rings. The van der Waals surface area contributed by atoms with Crippen LogP contribution in [0.5, 0.6) is 0 Å². The summed E-state index contributed by atoms with van der Waals surface area (Å²) in [6, 6.07) is 25.0. The lowest BCUT2D eigenvalue weighted by atomic mass is 10.1. The molecule has 0 saturated heterocycles. The molecule has 3 rings (SSSR count). The summed E-state index contributed by atoms with van der Waals surface area (Å²) in [4.78, 5) is 37.9. The molecular formula is C25H22N2O4S. The smallest absolute Gasteiger partial charge is 0.315 e. The second-order valence-electron chi connectivity index (χ2n) is 6.64. The van der Waals surface area contributed by atoms with Crippen molar-refractivity contribution < 1.29 is 19.1 Å². The van der Waals surface area contributed by atoms with Crippen LogP contribution in [0.3, 0.4) is 0 Å². The first-order valence-corrected chi connectivity index (χ1v) is 10.8. The number of carbonyl (C=O) groups is 3. The largest absolute Gasteiger partial charge is 0.468 e. The van der Waals surface area contributed by atoms with E-state index < -0.39 is 5.91 Å². The Morgan fingerprint density at radius 3 is 2.28 bits per heavy atom. The quantitative estimate of drug-likeness (QED) is 0.305. The Morgan fingerprint density at radius 2 is 1.59 bits per heavy atom. The number of carbonyl (C=O) groups excluding carboxylic acids is 3. The normalized spacial score (nSPS) is 10.8. The Hall–Kier alpha value is -3.84. The van der Waals surface area contributed by atoms with Crippen molar-refractivity contribution in [3.05, 3.63) is 102 Å². The first-order chi connectivity index (χ1) is 15.5. The summed E-state index contributed by atoms with van der Waals surface area (Å²) in [5, 5.41) is 5.52. The zero-order chi connectivity index (χ0) is 22.8. The predicted octanol–water partition coefficient (Wildman–Crippen LogP) is 4.36. The zero-order valence-electron chi connectivity index (χ0n) is 17.4. The number of methoxy groups -OCH3 is 1. The number of esters is 1. The highest BCUT2D eigenvalue weighted by atomic mass is 32.2. The molecule has 3 aromatic carbocycles. The Bertz CT molecular complexity index is 1120. The Balaban J connectivity index is 1.79. The number of benzene rings is 3. The molecule has 0 spiro atoms. The van der Waals surface area contributed by atoms with E-state index >= 15 is 0 Å². The molecular weight excluding hydrogens is 424 g/mol. The van der Waals surface area contributed by atoms with Gasteiger partial charge >= 0.3 is 5.97 Å². The lowest BCUT2D eigenvalue weighted by Gasteiger charge is -2.12. The van der Waals surface area contributed by atoms with Crippen LogP contribution in [0, 0.1) is 0 Å². The second kappa shape index (κ2) is 11.5. The highest BCUT2D eigenvalue weighted by molar-refractivity contribution is 8.00. The van der Waals surface area contributed by atoms with E-state index in [0.29, 0.717) is 11.3 Å². The third-order valence-electron chi connectivity index (χ3n) is 4.32. The van der Waals surface area contributed by atoms with Crippen molar-refractivity contribution in [2.24, 2.45) is 0 Å². The van der Waals surface area contributed by atoms with Gasteiger partial charge in [0.15, 0.2) is 0 Å². The molecule has 2 N–H and O–H groups in total. The van der Waals surface area contributed by atoms with Gasteiger partial charge in [-0.2, -0.15) is 0 Å². The maximum atomic E-state index is 13.0. The number of hydrogen-bond donors (Lipinski definition) is 2. The molecule has 0 unspecified atom stereocenters. The number of hydrogen-bond acceptors (Lipinski definition) is 5. The van der Waals surface area contributed by atoms with E-state index in [2.05, 4.69) is 15.4 Å². The van der Waals surface area contributed by atoms with Gasteiger partial charge < -0.3 is 15.4 Å². The maximum absolute atomic E-state index is 13.0. The molecule has 0 atom stereocenters. The van der Waals surface area contributed by atoms with Crippen LogP contribution in [-0.4, -0.2) is 30.6 Å². The number of amides is 2. The van der Waals surface area contributed by atoms with Crippen molar-refractivity contribution in [3.8, 4) is 0 Å². The fourth-order valence-electron chi connectivity index (χ4n) is 2.72. The molecule has 0 aliphatic carbocycles. The SMILES string of the molecule is COC(=O)CSc1cccc(NC(=O)/C(=C\c2ccccc2)NC(=O)c2ccccc2)c1. The van der Waals surface area contributed by atoms with Gasteiger partial charge in [0.2, 0.25) is 0 Å². The summed E-state index contributed by atoms with van der Waals surface area (Å²) in [6.45, 7) is 0. The zero-order valence-corrected chi connectivity index (χ0v) is 18.2. The van der Waals surface area contributed by atoms with Gasteiger partial charge in [0.05, 0.1) is 12.9 Å². The summed E-state index contributed by atoms with van der Waals surface area (Å²) in [5.74, 6) is -1.01. The van der Waals surface area contributed by atoms with Crippen LogP contribution in [0.1, 0.15) is 15.9 Å². The molecule has 0 bridgehead atoms. The molecule has 2 amide bonds. The first kappa shape index (κ1) is 22.8. The molecule has 0 heterocycles. The summed E-state index contributed by atoms with van der Waals surface area (Å²) in [5.41, 5.74) is 1.87. The molecule has 162 valence electrons. The van der Waals surface area contributed by atoms with Crippen LogP contribution in [0.2, 0.25) is 0 Å². The molecule has 0 aliphatic heterocycles. The Morgan fingerprint density at radius 1 is 0.906 bits per heavy atom. The number of ether oxygens (including phenoxy) is 1. The van der Waals surface area contributed by atoms with E-state index in [1.54, 1.807) is 48.5 Å². The molecule has 7 heteroatoms. The van der Waals surface area contributed by atoms with E-state index in [1.807, 2.05) is 42.5 Å². The average molecular weight is 447 g/mol. The standard InChI is InChI=1S/C25H22N2O4S/c1-31-23(28)17-32-21-14-8-13-20(16-21)26-25(30)22(15-18-9-4-2-5-10-18)27-24(29)19-11-6-3-7-12-19/h2-16H,17H2,1H3,(H,26,30)(H,27,29)/b22-15+. The van der Waals surface area contributed by atoms with E-state index in [9.17, 15) is 14.4 Å². The molecule has 32 heavy (non-hydrogen) atoms. The Labute approximate surface area is 190 Å². The van der Waals surface area contributed by atoms with E-state index in [0.717, 1.165) is 10.5 Å². The molecule has 0 radical (unpaired) electrons. The van der Waals surface area contributed by atoms with Gasteiger partial charge in [0.1, 0.15) is 5.70 Å². The summed E-state index contributed by atoms with van der Waals surface area (Å²) < 4.78 is 4.65. The highest BCUT2D eigenvalue weighted by Gasteiger charge is 2.15. The molecule has 0 saturated carbocycles. The van der Waals surface area contributed by atoms with Gasteiger partial charge in [-0.25, -0.2) is 0 Å². The van der Waals surface area contributed by atoms with Gasteiger partial charge in [-0.1, -0.05) is 54.6 Å². The predicted molar refractivity (Wildman–Crippen MR) is 126 cm³/mol. The van der Waals surface area contributed by atoms with Crippen LogP contribution in [0.25, 0.3) is 6.08 Å². The summed E-state index contributed by atoms with van der Waals surface area (Å²) >= 11 is 1.30. The second-order valence-corrected chi connectivity index (χ2v) is 7.68. The first-order valence-electron chi connectivity index (χ1n) is 9.79. The fraction of sp³-hybridized carbons (Fsp3) is 0.0800. The van der Waals surface area contributed by atoms with Crippen molar-refractivity contribution in [3.63, 3.8) is 0 Å². The number of thioether (sulfide) groups is 1. The van der Waals surface area contributed by atoms with Crippen molar-refractivity contribution >= 4 is 41.3 Å². The highest BCUT2D eigenvalue weighted by Crippen LogP contribution is 2.22. The van der Waals surface area contributed by atoms with Gasteiger partial charge in [-0.05, 0) is 42.0 Å². The van der Waals surface area contributed by atoms with Crippen LogP contribution < -0.4 is 10.6 Å². The van der Waals surface area contributed by atoms with E-state index in [1.165, 1.54) is 18.9 Å². The molecule has 6 nitrogen and oxygen atoms in total. The third kappa shape index (κ3) is 6.85. The number of anilines is 1. The van der Waals surface area contributed by atoms with Crippen LogP contribution in [0.15, 0.2) is 95.5 Å². The van der Waals surface area contributed by atoms with Crippen molar-refractivity contribution in [2.75, 3.05) is 18.2 Å². The molecule has 0 fully saturated rings. The fourth-order valence-corrected chi connectivity index (χ4v) is 3.51. The van der Waals surface area contributed by atoms with E-state index in [-0.39, 0.29) is 23.3 Å². The van der Waals surface area contributed by atoms with Crippen molar-refractivity contribution in [2.45, 2.75) is 4.90 Å². The molecule has 3 aromatic rings. The lowest BCUT2D eigenvalue weighted by molar-refractivity contribution is -0.137. The summed E-state index contributed by atoms with van der Waals surface area (Å²) in [7, 11) is 1.34. The monoisotopic (exact) mass is 446 g/mol. The van der Waals surface area contributed by atoms with Gasteiger partial charge in [0, 0.05) is 16.1 Å². The number of rotatable bonds is 8. The minimum Gasteiger partial charge on any atom is -0.468 e. The topological polar surface area (TPSA) is 84.5 Å². The van der Waals surface area contributed by atoms with Crippen LogP contribution in [-0.2, 0) is 14.3 Å². The summed E-state index contributed by atoms with van der Waals surface area (Å²) in [6.07, 6.45) is 1.62. The number of nitrogens with one attached hydrogen (secondary N) is 2. The van der Waals surface area contributed by atoms with Crippen LogP contribution in [0.4, 0.5) is 5.69 Å². The van der Waals surface area contributed by atoms with Gasteiger partial charge in [0.25, 0.3) is 11.8 Å². The lowest BCUT2D eigenvalue weighted by Crippen LogP contribution is -2.30. The van der Waals surface area contributed by atoms with Gasteiger partial charge in [-0.15, -0.1) is 11.8 Å². The van der Waals surface area contributed by atoms with Gasteiger partial charge in [-0.3, -0.25) is 14.4 Å². The average Bonchev–Trinajstić information content (AvgIpc) is 2.83. The molecule has 0 aromatic heterocycles. The third-order valence-corrected chi connectivity index (χ3v) is 5.28. The van der Waals surface area contributed by atoms with Crippen molar-refractivity contribution in [1.29, 1.82) is 0 Å². The van der Waals surface area contributed by atoms with Crippen molar-refractivity contribution in [1.82, 2.24) is 5.32 Å². The van der Waals surface area contributed by atoms with Crippen LogP contribution >= 0.6 is 11.8 Å². The minimum atomic E-state index is -0.465.